The first kappa shape index (κ1) is 15.1. The Morgan fingerprint density at radius 2 is 2.10 bits per heavy atom. The molecule has 2 aromatic rings. The van der Waals surface area contributed by atoms with E-state index in [0.29, 0.717) is 24.0 Å². The van der Waals surface area contributed by atoms with Crippen molar-refractivity contribution in [1.29, 1.82) is 5.41 Å². The van der Waals surface area contributed by atoms with Crippen LogP contribution < -0.4 is 10.5 Å². The largest absolute Gasteiger partial charge is 0.487 e. The summed E-state index contributed by atoms with van der Waals surface area (Å²) in [5, 5.41) is 12.0. The van der Waals surface area contributed by atoms with Crippen LogP contribution in [0.4, 0.5) is 0 Å². The molecule has 0 radical (unpaired) electrons. The van der Waals surface area contributed by atoms with Crippen LogP contribution in [0.3, 0.4) is 0 Å². The average Bonchev–Trinajstić information content (AvgIpc) is 2.95. The van der Waals surface area contributed by atoms with Gasteiger partial charge in [-0.25, -0.2) is 0 Å². The first-order valence-corrected chi connectivity index (χ1v) is 7.25. The number of hydrogen-bond donors (Lipinski definition) is 2. The van der Waals surface area contributed by atoms with Gasteiger partial charge in [0.1, 0.15) is 18.2 Å². The van der Waals surface area contributed by atoms with Gasteiger partial charge in [-0.15, -0.1) is 0 Å². The highest BCUT2D eigenvalue weighted by Gasteiger charge is 2.08. The number of nitrogens with two attached hydrogens (primary N) is 1. The van der Waals surface area contributed by atoms with Gasteiger partial charge in [0, 0.05) is 11.8 Å². The third-order valence-electron chi connectivity index (χ3n) is 3.51. The van der Waals surface area contributed by atoms with E-state index in [2.05, 4.69) is 18.9 Å². The third kappa shape index (κ3) is 3.84. The molecule has 5 heteroatoms. The average molecular weight is 286 g/mol. The number of rotatable bonds is 7. The van der Waals surface area contributed by atoms with Crippen molar-refractivity contribution in [2.75, 3.05) is 0 Å². The lowest BCUT2D eigenvalue weighted by atomic mass is 10.2. The van der Waals surface area contributed by atoms with Gasteiger partial charge in [0.25, 0.3) is 0 Å². The lowest BCUT2D eigenvalue weighted by Crippen LogP contribution is -2.11. The Bertz CT molecular complexity index is 602. The van der Waals surface area contributed by atoms with E-state index < -0.39 is 0 Å². The highest BCUT2D eigenvalue weighted by atomic mass is 16.5. The fourth-order valence-electron chi connectivity index (χ4n) is 2.23. The molecule has 0 fully saturated rings. The van der Waals surface area contributed by atoms with Crippen molar-refractivity contribution >= 4 is 5.84 Å². The van der Waals surface area contributed by atoms with Crippen molar-refractivity contribution in [3.05, 3.63) is 47.8 Å². The summed E-state index contributed by atoms with van der Waals surface area (Å²) < 4.78 is 7.72. The normalized spacial score (nSPS) is 10.8. The lowest BCUT2D eigenvalue weighted by Gasteiger charge is -2.12. The van der Waals surface area contributed by atoms with E-state index in [1.54, 1.807) is 12.1 Å². The van der Waals surface area contributed by atoms with Gasteiger partial charge in [0.05, 0.1) is 11.7 Å². The summed E-state index contributed by atoms with van der Waals surface area (Å²) in [4.78, 5) is 0. The van der Waals surface area contributed by atoms with E-state index in [1.807, 2.05) is 29.1 Å². The maximum Gasteiger partial charge on any atom is 0.132 e. The molecule has 3 N–H and O–H groups in total. The van der Waals surface area contributed by atoms with E-state index in [4.69, 9.17) is 15.9 Å². The second-order valence-corrected chi connectivity index (χ2v) is 4.99. The van der Waals surface area contributed by atoms with Crippen molar-refractivity contribution in [2.24, 2.45) is 5.73 Å². The maximum absolute atomic E-state index is 7.43. The minimum atomic E-state index is 0.0402. The Hall–Kier alpha value is -2.30. The SMILES string of the molecule is CCC(CC)n1ccc(COc2cccc(C(=N)N)c2)n1. The fraction of sp³-hybridized carbons (Fsp3) is 0.375. The number of nitrogens with one attached hydrogen (secondary N) is 1. The van der Waals surface area contributed by atoms with Gasteiger partial charge in [-0.2, -0.15) is 5.10 Å². The van der Waals surface area contributed by atoms with Gasteiger partial charge >= 0.3 is 0 Å². The van der Waals surface area contributed by atoms with Gasteiger partial charge in [0.15, 0.2) is 0 Å². The molecule has 0 aliphatic rings. The number of nitrogens with zero attached hydrogens (tertiary/aromatic N) is 2. The Morgan fingerprint density at radius 1 is 1.33 bits per heavy atom. The molecule has 0 bridgehead atoms. The summed E-state index contributed by atoms with van der Waals surface area (Å²) in [5.41, 5.74) is 7.03. The number of hydrogen-bond acceptors (Lipinski definition) is 3. The third-order valence-corrected chi connectivity index (χ3v) is 3.51. The molecule has 0 atom stereocenters. The van der Waals surface area contributed by atoms with Crippen LogP contribution in [0.2, 0.25) is 0 Å². The molecule has 0 saturated carbocycles. The minimum Gasteiger partial charge on any atom is -0.487 e. The van der Waals surface area contributed by atoms with Crippen LogP contribution in [-0.4, -0.2) is 15.6 Å². The standard InChI is InChI=1S/C16H22N4O/c1-3-14(4-2)20-9-8-13(19-20)11-21-15-7-5-6-12(10-15)16(17)18/h5-10,14H,3-4,11H2,1-2H3,(H3,17,18). The van der Waals surface area contributed by atoms with E-state index in [1.165, 1.54) is 0 Å². The number of aromatic nitrogens is 2. The van der Waals surface area contributed by atoms with E-state index in [-0.39, 0.29) is 5.84 Å². The van der Waals surface area contributed by atoms with E-state index in [9.17, 15) is 0 Å². The molecular weight excluding hydrogens is 264 g/mol. The molecule has 0 spiro atoms. The monoisotopic (exact) mass is 286 g/mol. The van der Waals surface area contributed by atoms with Crippen molar-refractivity contribution in [3.8, 4) is 5.75 Å². The summed E-state index contributed by atoms with van der Waals surface area (Å²) in [6.07, 6.45) is 4.14. The Morgan fingerprint density at radius 3 is 2.76 bits per heavy atom. The van der Waals surface area contributed by atoms with Crippen LogP contribution in [0.15, 0.2) is 36.5 Å². The van der Waals surface area contributed by atoms with Gasteiger partial charge in [-0.3, -0.25) is 10.1 Å². The van der Waals surface area contributed by atoms with Crippen LogP contribution in [0, 0.1) is 5.41 Å². The second kappa shape index (κ2) is 6.92. The molecule has 1 heterocycles. The highest BCUT2D eigenvalue weighted by Crippen LogP contribution is 2.17. The zero-order valence-electron chi connectivity index (χ0n) is 12.5. The summed E-state index contributed by atoms with van der Waals surface area (Å²) >= 11 is 0. The van der Waals surface area contributed by atoms with Crippen molar-refractivity contribution in [3.63, 3.8) is 0 Å². The summed E-state index contributed by atoms with van der Waals surface area (Å²) in [5.74, 6) is 0.734. The molecule has 0 amide bonds. The van der Waals surface area contributed by atoms with Crippen molar-refractivity contribution < 1.29 is 4.74 Å². The molecule has 5 nitrogen and oxygen atoms in total. The Labute approximate surface area is 125 Å². The molecule has 0 saturated heterocycles. The van der Waals surface area contributed by atoms with Crippen LogP contribution in [0.5, 0.6) is 5.75 Å². The molecule has 21 heavy (non-hydrogen) atoms. The van der Waals surface area contributed by atoms with Crippen molar-refractivity contribution in [2.45, 2.75) is 39.3 Å². The van der Waals surface area contributed by atoms with Gasteiger partial charge in [0.2, 0.25) is 0 Å². The number of amidine groups is 1. The van der Waals surface area contributed by atoms with Crippen LogP contribution >= 0.6 is 0 Å². The van der Waals surface area contributed by atoms with Crippen molar-refractivity contribution in [1.82, 2.24) is 9.78 Å². The molecule has 1 aromatic carbocycles. The molecular formula is C16H22N4O. The predicted molar refractivity (Wildman–Crippen MR) is 83.6 cm³/mol. The first-order valence-electron chi connectivity index (χ1n) is 7.25. The minimum absolute atomic E-state index is 0.0402. The highest BCUT2D eigenvalue weighted by molar-refractivity contribution is 5.95. The smallest absolute Gasteiger partial charge is 0.132 e. The van der Waals surface area contributed by atoms with Crippen LogP contribution in [-0.2, 0) is 6.61 Å². The lowest BCUT2D eigenvalue weighted by molar-refractivity contribution is 0.297. The molecule has 0 unspecified atom stereocenters. The molecule has 0 aliphatic carbocycles. The van der Waals surface area contributed by atoms with E-state index >= 15 is 0 Å². The van der Waals surface area contributed by atoms with E-state index in [0.717, 1.165) is 18.5 Å². The molecule has 0 aliphatic heterocycles. The van der Waals surface area contributed by atoms with Gasteiger partial charge in [-0.1, -0.05) is 26.0 Å². The van der Waals surface area contributed by atoms with Crippen LogP contribution in [0.1, 0.15) is 44.0 Å². The molecule has 2 rings (SSSR count). The summed E-state index contributed by atoms with van der Waals surface area (Å²) in [6.45, 7) is 4.74. The summed E-state index contributed by atoms with van der Waals surface area (Å²) in [7, 11) is 0. The molecule has 112 valence electrons. The van der Waals surface area contributed by atoms with Gasteiger partial charge < -0.3 is 10.5 Å². The Kier molecular flexibility index (Phi) is 4.98. The topological polar surface area (TPSA) is 76.9 Å². The Balaban J connectivity index is 2.00. The predicted octanol–water partition coefficient (Wildman–Crippen LogP) is 3.11. The number of benzene rings is 1. The quantitative estimate of drug-likeness (QED) is 0.606. The zero-order valence-corrected chi connectivity index (χ0v) is 12.5. The first-order chi connectivity index (χ1) is 10.1. The maximum atomic E-state index is 7.43. The van der Waals surface area contributed by atoms with Gasteiger partial charge in [-0.05, 0) is 31.0 Å². The summed E-state index contributed by atoms with van der Waals surface area (Å²) in [6, 6.07) is 9.66. The second-order valence-electron chi connectivity index (χ2n) is 4.99. The molecule has 1 aromatic heterocycles. The number of nitrogen functional groups attached to an aromatic ring is 1. The zero-order chi connectivity index (χ0) is 15.2. The van der Waals surface area contributed by atoms with Crippen LogP contribution in [0.25, 0.3) is 0 Å². The fourth-order valence-corrected chi connectivity index (χ4v) is 2.23. The number of ether oxygens (including phenoxy) is 1.